The standard InChI is InChI=1S/C17H18F3N5O/c1-11-8-15(25-6-2-3-7-25)24-14(23-11)10-22-16(26)12-4-5-13(21-9-12)17(18,19)20/h4-5,8-9H,2-3,6-7,10H2,1H3,(H,22,26). The number of aryl methyl sites for hydroxylation is 1. The second kappa shape index (κ2) is 7.27. The fraction of sp³-hybridized carbons (Fsp3) is 0.412. The molecule has 0 spiro atoms. The van der Waals surface area contributed by atoms with Crippen molar-refractivity contribution >= 4 is 11.7 Å². The zero-order valence-electron chi connectivity index (χ0n) is 14.2. The first-order valence-corrected chi connectivity index (χ1v) is 8.24. The van der Waals surface area contributed by atoms with Gasteiger partial charge in [0.2, 0.25) is 0 Å². The van der Waals surface area contributed by atoms with Crippen LogP contribution in [-0.4, -0.2) is 33.9 Å². The molecule has 26 heavy (non-hydrogen) atoms. The predicted octanol–water partition coefficient (Wildman–Crippen LogP) is 2.73. The van der Waals surface area contributed by atoms with E-state index in [1.807, 2.05) is 13.0 Å². The topological polar surface area (TPSA) is 71.0 Å². The summed E-state index contributed by atoms with van der Waals surface area (Å²) in [6.45, 7) is 3.83. The van der Waals surface area contributed by atoms with Crippen molar-refractivity contribution in [2.75, 3.05) is 18.0 Å². The van der Waals surface area contributed by atoms with Crippen molar-refractivity contribution in [2.45, 2.75) is 32.5 Å². The Morgan fingerprint density at radius 2 is 1.96 bits per heavy atom. The molecule has 3 rings (SSSR count). The van der Waals surface area contributed by atoms with Crippen LogP contribution in [0.4, 0.5) is 19.0 Å². The van der Waals surface area contributed by atoms with Gasteiger partial charge in [0.1, 0.15) is 17.3 Å². The Balaban J connectivity index is 1.65. The van der Waals surface area contributed by atoms with E-state index in [-0.39, 0.29) is 12.1 Å². The molecule has 0 radical (unpaired) electrons. The summed E-state index contributed by atoms with van der Waals surface area (Å²) >= 11 is 0. The van der Waals surface area contributed by atoms with E-state index in [1.54, 1.807) is 0 Å². The number of carbonyl (C=O) groups excluding carboxylic acids is 1. The fourth-order valence-electron chi connectivity index (χ4n) is 2.76. The second-order valence-electron chi connectivity index (χ2n) is 6.09. The number of alkyl halides is 3. The highest BCUT2D eigenvalue weighted by Crippen LogP contribution is 2.27. The molecule has 9 heteroatoms. The number of hydrogen-bond donors (Lipinski definition) is 1. The largest absolute Gasteiger partial charge is 0.433 e. The molecule has 0 bridgehead atoms. The molecular weight excluding hydrogens is 347 g/mol. The van der Waals surface area contributed by atoms with E-state index in [0.29, 0.717) is 5.82 Å². The molecule has 2 aromatic rings. The van der Waals surface area contributed by atoms with Gasteiger partial charge in [0.25, 0.3) is 5.91 Å². The SMILES string of the molecule is Cc1cc(N2CCCC2)nc(CNC(=O)c2ccc(C(F)(F)F)nc2)n1. The molecule has 1 aliphatic heterocycles. The highest BCUT2D eigenvalue weighted by atomic mass is 19.4. The van der Waals surface area contributed by atoms with Gasteiger partial charge in [-0.1, -0.05) is 0 Å². The first-order chi connectivity index (χ1) is 12.3. The number of nitrogens with one attached hydrogen (secondary N) is 1. The number of amides is 1. The third-order valence-electron chi connectivity index (χ3n) is 4.04. The number of hydrogen-bond acceptors (Lipinski definition) is 5. The van der Waals surface area contributed by atoms with Crippen LogP contribution in [0.15, 0.2) is 24.4 Å². The number of pyridine rings is 1. The maximum atomic E-state index is 12.5. The van der Waals surface area contributed by atoms with Crippen LogP contribution in [0.2, 0.25) is 0 Å². The first kappa shape index (κ1) is 18.1. The summed E-state index contributed by atoms with van der Waals surface area (Å²) in [7, 11) is 0. The van der Waals surface area contributed by atoms with Crippen LogP contribution in [0, 0.1) is 6.92 Å². The Labute approximate surface area is 148 Å². The minimum absolute atomic E-state index is 0.0467. The Morgan fingerprint density at radius 1 is 1.23 bits per heavy atom. The summed E-state index contributed by atoms with van der Waals surface area (Å²) < 4.78 is 37.5. The lowest BCUT2D eigenvalue weighted by Gasteiger charge is -2.17. The van der Waals surface area contributed by atoms with E-state index in [2.05, 4.69) is 25.2 Å². The van der Waals surface area contributed by atoms with Crippen molar-refractivity contribution in [1.82, 2.24) is 20.3 Å². The molecule has 138 valence electrons. The van der Waals surface area contributed by atoms with Gasteiger partial charge >= 0.3 is 6.18 Å². The monoisotopic (exact) mass is 365 g/mol. The molecular formula is C17H18F3N5O. The van der Waals surface area contributed by atoms with Crippen LogP contribution in [0.25, 0.3) is 0 Å². The minimum atomic E-state index is -4.53. The molecule has 6 nitrogen and oxygen atoms in total. The summed E-state index contributed by atoms with van der Waals surface area (Å²) in [4.78, 5) is 26.3. The van der Waals surface area contributed by atoms with E-state index in [0.717, 1.165) is 55.8 Å². The summed E-state index contributed by atoms with van der Waals surface area (Å²) in [5.41, 5.74) is -0.195. The van der Waals surface area contributed by atoms with Gasteiger partial charge in [-0.3, -0.25) is 9.78 Å². The van der Waals surface area contributed by atoms with Crippen molar-refractivity contribution in [1.29, 1.82) is 0 Å². The van der Waals surface area contributed by atoms with Crippen molar-refractivity contribution in [3.05, 3.63) is 47.2 Å². The normalized spacial score (nSPS) is 14.5. The molecule has 0 aromatic carbocycles. The summed E-state index contributed by atoms with van der Waals surface area (Å²) in [5, 5.41) is 2.61. The molecule has 1 saturated heterocycles. The zero-order chi connectivity index (χ0) is 18.7. The van der Waals surface area contributed by atoms with Gasteiger partial charge in [0.15, 0.2) is 0 Å². The van der Waals surface area contributed by atoms with E-state index in [9.17, 15) is 18.0 Å². The van der Waals surface area contributed by atoms with Crippen LogP contribution >= 0.6 is 0 Å². The van der Waals surface area contributed by atoms with Crippen molar-refractivity contribution in [2.24, 2.45) is 0 Å². The molecule has 1 amide bonds. The van der Waals surface area contributed by atoms with Crippen molar-refractivity contribution < 1.29 is 18.0 Å². The van der Waals surface area contributed by atoms with Gasteiger partial charge in [-0.15, -0.1) is 0 Å². The Morgan fingerprint density at radius 3 is 2.58 bits per heavy atom. The van der Waals surface area contributed by atoms with Crippen molar-refractivity contribution in [3.63, 3.8) is 0 Å². The van der Waals surface area contributed by atoms with Crippen LogP contribution < -0.4 is 10.2 Å². The third kappa shape index (κ3) is 4.27. The Bertz CT molecular complexity index is 786. The van der Waals surface area contributed by atoms with Gasteiger partial charge in [-0.05, 0) is 31.9 Å². The summed E-state index contributed by atoms with van der Waals surface area (Å²) in [6, 6.07) is 3.78. The summed E-state index contributed by atoms with van der Waals surface area (Å²) in [5.74, 6) is 0.759. The number of anilines is 1. The van der Waals surface area contributed by atoms with Gasteiger partial charge in [-0.25, -0.2) is 9.97 Å². The van der Waals surface area contributed by atoms with Crippen LogP contribution in [-0.2, 0) is 12.7 Å². The molecule has 0 aliphatic carbocycles. The van der Waals surface area contributed by atoms with Gasteiger partial charge in [-0.2, -0.15) is 13.2 Å². The Kier molecular flexibility index (Phi) is 5.06. The fourth-order valence-corrected chi connectivity index (χ4v) is 2.76. The lowest BCUT2D eigenvalue weighted by Crippen LogP contribution is -2.26. The number of nitrogens with zero attached hydrogens (tertiary/aromatic N) is 4. The average molecular weight is 365 g/mol. The van der Waals surface area contributed by atoms with E-state index in [4.69, 9.17) is 0 Å². The number of aromatic nitrogens is 3. The maximum absolute atomic E-state index is 12.5. The van der Waals surface area contributed by atoms with E-state index < -0.39 is 17.8 Å². The second-order valence-corrected chi connectivity index (χ2v) is 6.09. The zero-order valence-corrected chi connectivity index (χ0v) is 14.2. The molecule has 0 saturated carbocycles. The summed E-state index contributed by atoms with van der Waals surface area (Å²) in [6.07, 6.45) is -1.38. The molecule has 0 unspecified atom stereocenters. The number of rotatable bonds is 4. The molecule has 1 fully saturated rings. The van der Waals surface area contributed by atoms with Gasteiger partial charge in [0.05, 0.1) is 12.1 Å². The van der Waals surface area contributed by atoms with Gasteiger partial charge in [0, 0.05) is 31.0 Å². The van der Waals surface area contributed by atoms with E-state index >= 15 is 0 Å². The molecule has 1 N–H and O–H groups in total. The highest BCUT2D eigenvalue weighted by molar-refractivity contribution is 5.93. The molecule has 3 heterocycles. The minimum Gasteiger partial charge on any atom is -0.357 e. The van der Waals surface area contributed by atoms with Crippen LogP contribution in [0.5, 0.6) is 0 Å². The third-order valence-corrected chi connectivity index (χ3v) is 4.04. The predicted molar refractivity (Wildman–Crippen MR) is 88.6 cm³/mol. The smallest absolute Gasteiger partial charge is 0.357 e. The molecule has 1 aliphatic rings. The number of carbonyl (C=O) groups is 1. The van der Waals surface area contributed by atoms with Crippen molar-refractivity contribution in [3.8, 4) is 0 Å². The van der Waals surface area contributed by atoms with Gasteiger partial charge < -0.3 is 10.2 Å². The molecule has 2 aromatic heterocycles. The first-order valence-electron chi connectivity index (χ1n) is 8.24. The van der Waals surface area contributed by atoms with E-state index in [1.165, 1.54) is 0 Å². The molecule has 0 atom stereocenters. The lowest BCUT2D eigenvalue weighted by atomic mass is 10.2. The number of halogens is 3. The van der Waals surface area contributed by atoms with Crippen LogP contribution in [0.1, 0.15) is 40.4 Å². The average Bonchev–Trinajstić information content (AvgIpc) is 3.13. The van der Waals surface area contributed by atoms with Crippen LogP contribution in [0.3, 0.4) is 0 Å². The Hall–Kier alpha value is -2.71. The highest BCUT2D eigenvalue weighted by Gasteiger charge is 2.32. The lowest BCUT2D eigenvalue weighted by molar-refractivity contribution is -0.141. The quantitative estimate of drug-likeness (QED) is 0.902. The maximum Gasteiger partial charge on any atom is 0.433 e.